The standard InChI is InChI=1S/C16H20N2O4/c19-14(11-12-5-2-1-3-6-12)17-9-8-15(20)18-10-4-7-13(18)16(21)22/h1-3,5-6,13H,4,7-11H2,(H,17,19)(H,21,22)/t13-/m0/s1. The van der Waals surface area contributed by atoms with E-state index in [9.17, 15) is 14.4 Å². The molecular weight excluding hydrogens is 284 g/mol. The first-order valence-electron chi connectivity index (χ1n) is 7.41. The lowest BCUT2D eigenvalue weighted by Crippen LogP contribution is -2.41. The number of hydrogen-bond acceptors (Lipinski definition) is 3. The van der Waals surface area contributed by atoms with Crippen molar-refractivity contribution in [3.05, 3.63) is 35.9 Å². The minimum atomic E-state index is -0.959. The molecule has 1 fully saturated rings. The Bertz CT molecular complexity index is 544. The van der Waals surface area contributed by atoms with Crippen LogP contribution in [0.4, 0.5) is 0 Å². The minimum absolute atomic E-state index is 0.129. The Balaban J connectivity index is 1.73. The summed E-state index contributed by atoms with van der Waals surface area (Å²) < 4.78 is 0. The van der Waals surface area contributed by atoms with E-state index in [2.05, 4.69) is 5.32 Å². The molecule has 2 amide bonds. The number of aliphatic carboxylic acids is 1. The zero-order valence-corrected chi connectivity index (χ0v) is 12.3. The number of carboxylic acid groups (broad SMARTS) is 1. The summed E-state index contributed by atoms with van der Waals surface area (Å²) in [5.41, 5.74) is 0.914. The highest BCUT2D eigenvalue weighted by Gasteiger charge is 2.33. The van der Waals surface area contributed by atoms with Crippen LogP contribution in [-0.4, -0.2) is 46.9 Å². The molecule has 1 aromatic rings. The fourth-order valence-electron chi connectivity index (χ4n) is 2.62. The molecule has 1 atom stereocenters. The molecule has 118 valence electrons. The third kappa shape index (κ3) is 4.31. The van der Waals surface area contributed by atoms with E-state index in [0.717, 1.165) is 5.56 Å². The molecule has 1 aliphatic heterocycles. The monoisotopic (exact) mass is 304 g/mol. The van der Waals surface area contributed by atoms with Gasteiger partial charge in [0.05, 0.1) is 6.42 Å². The highest BCUT2D eigenvalue weighted by molar-refractivity contribution is 5.85. The summed E-state index contributed by atoms with van der Waals surface area (Å²) in [4.78, 5) is 36.2. The minimum Gasteiger partial charge on any atom is -0.480 e. The lowest BCUT2D eigenvalue weighted by atomic mass is 10.1. The molecule has 0 radical (unpaired) electrons. The second-order valence-electron chi connectivity index (χ2n) is 5.35. The molecule has 2 rings (SSSR count). The molecule has 0 bridgehead atoms. The number of nitrogens with zero attached hydrogens (tertiary/aromatic N) is 1. The topological polar surface area (TPSA) is 86.7 Å². The van der Waals surface area contributed by atoms with Crippen molar-refractivity contribution < 1.29 is 19.5 Å². The van der Waals surface area contributed by atoms with Crippen molar-refractivity contribution in [3.8, 4) is 0 Å². The summed E-state index contributed by atoms with van der Waals surface area (Å²) in [6, 6.07) is 8.64. The van der Waals surface area contributed by atoms with Gasteiger partial charge in [0, 0.05) is 19.5 Å². The average molecular weight is 304 g/mol. The van der Waals surface area contributed by atoms with Crippen molar-refractivity contribution in [3.63, 3.8) is 0 Å². The Hall–Kier alpha value is -2.37. The van der Waals surface area contributed by atoms with Gasteiger partial charge in [-0.2, -0.15) is 0 Å². The summed E-state index contributed by atoms with van der Waals surface area (Å²) in [7, 11) is 0. The van der Waals surface area contributed by atoms with Crippen LogP contribution in [0.3, 0.4) is 0 Å². The zero-order valence-electron chi connectivity index (χ0n) is 12.3. The van der Waals surface area contributed by atoms with E-state index in [1.807, 2.05) is 30.3 Å². The quantitative estimate of drug-likeness (QED) is 0.814. The number of nitrogens with one attached hydrogen (secondary N) is 1. The lowest BCUT2D eigenvalue weighted by Gasteiger charge is -2.21. The van der Waals surface area contributed by atoms with Gasteiger partial charge in [-0.3, -0.25) is 9.59 Å². The smallest absolute Gasteiger partial charge is 0.326 e. The van der Waals surface area contributed by atoms with Crippen LogP contribution < -0.4 is 5.32 Å². The molecule has 0 spiro atoms. The Morgan fingerprint density at radius 3 is 2.64 bits per heavy atom. The molecule has 1 heterocycles. The number of hydrogen-bond donors (Lipinski definition) is 2. The molecule has 1 aromatic carbocycles. The maximum absolute atomic E-state index is 12.0. The maximum atomic E-state index is 12.0. The van der Waals surface area contributed by atoms with Crippen LogP contribution in [0.5, 0.6) is 0 Å². The lowest BCUT2D eigenvalue weighted by molar-refractivity contribution is -0.148. The average Bonchev–Trinajstić information content (AvgIpc) is 2.98. The molecular formula is C16H20N2O4. The normalized spacial score (nSPS) is 17.3. The molecule has 1 saturated heterocycles. The number of rotatable bonds is 6. The Kier molecular flexibility index (Phi) is 5.52. The molecule has 0 unspecified atom stereocenters. The highest BCUT2D eigenvalue weighted by Crippen LogP contribution is 2.18. The summed E-state index contributed by atoms with van der Waals surface area (Å²) in [5.74, 6) is -1.32. The largest absolute Gasteiger partial charge is 0.480 e. The van der Waals surface area contributed by atoms with Crippen LogP contribution >= 0.6 is 0 Å². The van der Waals surface area contributed by atoms with E-state index in [1.165, 1.54) is 4.90 Å². The van der Waals surface area contributed by atoms with Crippen molar-refractivity contribution in [1.82, 2.24) is 10.2 Å². The van der Waals surface area contributed by atoms with Crippen molar-refractivity contribution in [2.24, 2.45) is 0 Å². The number of likely N-dealkylation sites (tertiary alicyclic amines) is 1. The van der Waals surface area contributed by atoms with Gasteiger partial charge in [0.2, 0.25) is 11.8 Å². The number of carbonyl (C=O) groups excluding carboxylic acids is 2. The van der Waals surface area contributed by atoms with Crippen molar-refractivity contribution in [2.45, 2.75) is 31.7 Å². The van der Waals surface area contributed by atoms with Gasteiger partial charge in [0.15, 0.2) is 0 Å². The Morgan fingerprint density at radius 1 is 1.23 bits per heavy atom. The highest BCUT2D eigenvalue weighted by atomic mass is 16.4. The van der Waals surface area contributed by atoms with Gasteiger partial charge >= 0.3 is 5.97 Å². The molecule has 0 aromatic heterocycles. The first-order chi connectivity index (χ1) is 10.6. The van der Waals surface area contributed by atoms with E-state index in [0.29, 0.717) is 19.4 Å². The van der Waals surface area contributed by atoms with Crippen LogP contribution in [0.1, 0.15) is 24.8 Å². The van der Waals surface area contributed by atoms with E-state index < -0.39 is 12.0 Å². The SMILES string of the molecule is O=C(Cc1ccccc1)NCCC(=O)N1CCC[C@H]1C(=O)O. The number of carbonyl (C=O) groups is 3. The van der Waals surface area contributed by atoms with E-state index in [4.69, 9.17) is 5.11 Å². The summed E-state index contributed by atoms with van der Waals surface area (Å²) >= 11 is 0. The van der Waals surface area contributed by atoms with E-state index >= 15 is 0 Å². The van der Waals surface area contributed by atoms with E-state index in [-0.39, 0.29) is 31.2 Å². The fraction of sp³-hybridized carbons (Fsp3) is 0.438. The molecule has 0 saturated carbocycles. The van der Waals surface area contributed by atoms with Crippen LogP contribution in [0.25, 0.3) is 0 Å². The third-order valence-corrected chi connectivity index (χ3v) is 3.73. The van der Waals surface area contributed by atoms with Crippen LogP contribution in [0.2, 0.25) is 0 Å². The summed E-state index contributed by atoms with van der Waals surface area (Å²) in [6.07, 6.45) is 1.62. The molecule has 6 heteroatoms. The number of amides is 2. The molecule has 22 heavy (non-hydrogen) atoms. The molecule has 0 aliphatic carbocycles. The van der Waals surface area contributed by atoms with Gasteiger partial charge in [0.1, 0.15) is 6.04 Å². The van der Waals surface area contributed by atoms with Gasteiger partial charge in [-0.25, -0.2) is 4.79 Å². The second-order valence-corrected chi connectivity index (χ2v) is 5.35. The Labute approximate surface area is 129 Å². The summed E-state index contributed by atoms with van der Waals surface area (Å²) in [6.45, 7) is 0.709. The van der Waals surface area contributed by atoms with Crippen molar-refractivity contribution in [1.29, 1.82) is 0 Å². The maximum Gasteiger partial charge on any atom is 0.326 e. The zero-order chi connectivity index (χ0) is 15.9. The van der Waals surface area contributed by atoms with E-state index in [1.54, 1.807) is 0 Å². The predicted octanol–water partition coefficient (Wildman–Crippen LogP) is 0.811. The molecule has 1 aliphatic rings. The first kappa shape index (κ1) is 16.0. The van der Waals surface area contributed by atoms with Gasteiger partial charge in [-0.1, -0.05) is 30.3 Å². The van der Waals surface area contributed by atoms with Gasteiger partial charge in [-0.15, -0.1) is 0 Å². The predicted molar refractivity (Wildman–Crippen MR) is 80.1 cm³/mol. The van der Waals surface area contributed by atoms with Crippen molar-refractivity contribution in [2.75, 3.05) is 13.1 Å². The van der Waals surface area contributed by atoms with Gasteiger partial charge in [0.25, 0.3) is 0 Å². The molecule has 2 N–H and O–H groups in total. The van der Waals surface area contributed by atoms with Crippen LogP contribution in [0, 0.1) is 0 Å². The first-order valence-corrected chi connectivity index (χ1v) is 7.41. The Morgan fingerprint density at radius 2 is 1.95 bits per heavy atom. The van der Waals surface area contributed by atoms with Crippen LogP contribution in [-0.2, 0) is 20.8 Å². The van der Waals surface area contributed by atoms with Gasteiger partial charge in [-0.05, 0) is 18.4 Å². The summed E-state index contributed by atoms with van der Waals surface area (Å²) in [5, 5.41) is 11.7. The van der Waals surface area contributed by atoms with Gasteiger partial charge < -0.3 is 15.3 Å². The fourth-order valence-corrected chi connectivity index (χ4v) is 2.62. The number of benzene rings is 1. The number of carboxylic acids is 1. The molecule has 6 nitrogen and oxygen atoms in total. The van der Waals surface area contributed by atoms with Crippen LogP contribution in [0.15, 0.2) is 30.3 Å². The third-order valence-electron chi connectivity index (χ3n) is 3.73. The second kappa shape index (κ2) is 7.59. The van der Waals surface area contributed by atoms with Crippen molar-refractivity contribution >= 4 is 17.8 Å².